The maximum atomic E-state index is 12.8. The van der Waals surface area contributed by atoms with Crippen molar-refractivity contribution in [1.29, 1.82) is 0 Å². The first-order valence-electron chi connectivity index (χ1n) is 7.12. The van der Waals surface area contributed by atoms with Crippen LogP contribution in [0.1, 0.15) is 19.3 Å². The van der Waals surface area contributed by atoms with E-state index < -0.39 is 0 Å². The molecule has 2 N–H and O–H groups in total. The Morgan fingerprint density at radius 3 is 2.85 bits per heavy atom. The zero-order valence-electron chi connectivity index (χ0n) is 11.9. The predicted molar refractivity (Wildman–Crippen MR) is 78.2 cm³/mol. The highest BCUT2D eigenvalue weighted by atomic mass is 19.1. The zero-order chi connectivity index (χ0) is 14.4. The average Bonchev–Trinajstić information content (AvgIpc) is 2.48. The lowest BCUT2D eigenvalue weighted by Gasteiger charge is -2.32. The van der Waals surface area contributed by atoms with Crippen molar-refractivity contribution in [1.82, 2.24) is 10.2 Å². The third-order valence-electron chi connectivity index (χ3n) is 3.70. The summed E-state index contributed by atoms with van der Waals surface area (Å²) in [5, 5.41) is 6.07. The summed E-state index contributed by atoms with van der Waals surface area (Å²) in [5.74, 6) is -0.322. The van der Waals surface area contributed by atoms with Crippen LogP contribution in [0, 0.1) is 5.82 Å². The number of likely N-dealkylation sites (N-methyl/N-ethyl adjacent to an activating group) is 1. The standard InChI is InChI=1S/C15H22FN3O/c1-17-14-3-2-9-19(11-14)10-8-15(20)18-13-6-4-12(16)5-7-13/h4-7,14,17H,2-3,8-11H2,1H3,(H,18,20). The van der Waals surface area contributed by atoms with Gasteiger partial charge in [0.1, 0.15) is 5.82 Å². The van der Waals surface area contributed by atoms with E-state index in [4.69, 9.17) is 0 Å². The molecule has 0 saturated carbocycles. The van der Waals surface area contributed by atoms with E-state index >= 15 is 0 Å². The SMILES string of the molecule is CNC1CCCN(CCC(=O)Nc2ccc(F)cc2)C1. The van der Waals surface area contributed by atoms with Crippen LogP contribution in [0.4, 0.5) is 10.1 Å². The van der Waals surface area contributed by atoms with Crippen molar-refractivity contribution in [2.24, 2.45) is 0 Å². The van der Waals surface area contributed by atoms with Gasteiger partial charge >= 0.3 is 0 Å². The van der Waals surface area contributed by atoms with E-state index in [-0.39, 0.29) is 11.7 Å². The number of hydrogen-bond donors (Lipinski definition) is 2. The summed E-state index contributed by atoms with van der Waals surface area (Å²) in [6, 6.07) is 6.37. The molecular weight excluding hydrogens is 257 g/mol. The average molecular weight is 279 g/mol. The Morgan fingerprint density at radius 2 is 2.15 bits per heavy atom. The van der Waals surface area contributed by atoms with E-state index in [1.165, 1.54) is 25.0 Å². The van der Waals surface area contributed by atoms with E-state index in [2.05, 4.69) is 15.5 Å². The van der Waals surface area contributed by atoms with Crippen LogP contribution in [0.25, 0.3) is 0 Å². The second-order valence-electron chi connectivity index (χ2n) is 5.23. The van der Waals surface area contributed by atoms with Crippen LogP contribution >= 0.6 is 0 Å². The second-order valence-corrected chi connectivity index (χ2v) is 5.23. The normalized spacial score (nSPS) is 19.8. The predicted octanol–water partition coefficient (Wildman–Crippen LogP) is 1.84. The van der Waals surface area contributed by atoms with Gasteiger partial charge < -0.3 is 15.5 Å². The van der Waals surface area contributed by atoms with Gasteiger partial charge in [0.15, 0.2) is 0 Å². The molecule has 1 aromatic rings. The molecule has 5 heteroatoms. The van der Waals surface area contributed by atoms with Gasteiger partial charge in [-0.05, 0) is 50.7 Å². The largest absolute Gasteiger partial charge is 0.326 e. The van der Waals surface area contributed by atoms with Crippen molar-refractivity contribution in [2.45, 2.75) is 25.3 Å². The fraction of sp³-hybridized carbons (Fsp3) is 0.533. The van der Waals surface area contributed by atoms with Gasteiger partial charge in [-0.2, -0.15) is 0 Å². The highest BCUT2D eigenvalue weighted by molar-refractivity contribution is 5.90. The number of nitrogens with zero attached hydrogens (tertiary/aromatic N) is 1. The van der Waals surface area contributed by atoms with Crippen molar-refractivity contribution in [3.05, 3.63) is 30.1 Å². The monoisotopic (exact) mass is 279 g/mol. The van der Waals surface area contributed by atoms with Crippen molar-refractivity contribution in [2.75, 3.05) is 32.0 Å². The molecule has 0 aromatic heterocycles. The number of benzene rings is 1. The minimum atomic E-state index is -0.297. The molecule has 0 radical (unpaired) electrons. The van der Waals surface area contributed by atoms with Gasteiger partial charge in [0.2, 0.25) is 5.91 Å². The number of nitrogens with one attached hydrogen (secondary N) is 2. The third kappa shape index (κ3) is 4.58. The first-order chi connectivity index (χ1) is 9.67. The summed E-state index contributed by atoms with van der Waals surface area (Å²) in [6.07, 6.45) is 2.84. The molecule has 1 atom stereocenters. The van der Waals surface area contributed by atoms with Crippen molar-refractivity contribution < 1.29 is 9.18 Å². The highest BCUT2D eigenvalue weighted by Gasteiger charge is 2.18. The Morgan fingerprint density at radius 1 is 1.40 bits per heavy atom. The summed E-state index contributed by atoms with van der Waals surface area (Å²) in [4.78, 5) is 14.2. The Bertz CT molecular complexity index is 435. The van der Waals surface area contributed by atoms with E-state index in [0.717, 1.165) is 19.6 Å². The van der Waals surface area contributed by atoms with E-state index in [1.54, 1.807) is 12.1 Å². The van der Waals surface area contributed by atoms with E-state index in [9.17, 15) is 9.18 Å². The number of anilines is 1. The molecule has 1 saturated heterocycles. The van der Waals surface area contributed by atoms with E-state index in [1.807, 2.05) is 7.05 Å². The number of rotatable bonds is 5. The number of hydrogen-bond acceptors (Lipinski definition) is 3. The molecule has 0 aliphatic carbocycles. The van der Waals surface area contributed by atoms with E-state index in [0.29, 0.717) is 18.2 Å². The molecule has 1 unspecified atom stereocenters. The Hall–Kier alpha value is -1.46. The molecule has 20 heavy (non-hydrogen) atoms. The van der Waals surface area contributed by atoms with Gasteiger partial charge in [0, 0.05) is 31.2 Å². The summed E-state index contributed by atoms with van der Waals surface area (Å²) >= 11 is 0. The number of piperidine rings is 1. The third-order valence-corrected chi connectivity index (χ3v) is 3.70. The molecule has 1 aliphatic heterocycles. The Balaban J connectivity index is 1.73. The zero-order valence-corrected chi connectivity index (χ0v) is 11.9. The minimum Gasteiger partial charge on any atom is -0.326 e. The molecule has 1 fully saturated rings. The quantitative estimate of drug-likeness (QED) is 0.864. The minimum absolute atomic E-state index is 0.0248. The van der Waals surface area contributed by atoms with Crippen LogP contribution in [0.5, 0.6) is 0 Å². The van der Waals surface area contributed by atoms with Crippen LogP contribution in [-0.2, 0) is 4.79 Å². The molecule has 2 rings (SSSR count). The highest BCUT2D eigenvalue weighted by Crippen LogP contribution is 2.11. The molecule has 0 spiro atoms. The summed E-state index contributed by atoms with van der Waals surface area (Å²) in [5.41, 5.74) is 0.642. The fourth-order valence-corrected chi connectivity index (χ4v) is 2.51. The number of halogens is 1. The number of carbonyl (C=O) groups is 1. The molecule has 110 valence electrons. The van der Waals surface area contributed by atoms with Gasteiger partial charge in [-0.1, -0.05) is 0 Å². The molecular formula is C15H22FN3O. The number of amides is 1. The van der Waals surface area contributed by atoms with Crippen LogP contribution in [0.15, 0.2) is 24.3 Å². The van der Waals surface area contributed by atoms with Crippen LogP contribution in [0.3, 0.4) is 0 Å². The molecule has 4 nitrogen and oxygen atoms in total. The Labute approximate surface area is 119 Å². The first kappa shape index (κ1) is 14.9. The first-order valence-corrected chi connectivity index (χ1v) is 7.12. The van der Waals surface area contributed by atoms with Crippen LogP contribution in [-0.4, -0.2) is 43.5 Å². The van der Waals surface area contributed by atoms with Crippen LogP contribution in [0.2, 0.25) is 0 Å². The molecule has 1 heterocycles. The molecule has 1 aromatic carbocycles. The lowest BCUT2D eigenvalue weighted by atomic mass is 10.1. The van der Waals surface area contributed by atoms with Gasteiger partial charge in [-0.3, -0.25) is 4.79 Å². The Kier molecular flexibility index (Phi) is 5.49. The van der Waals surface area contributed by atoms with Crippen molar-refractivity contribution in [3.8, 4) is 0 Å². The second kappa shape index (κ2) is 7.36. The van der Waals surface area contributed by atoms with Crippen molar-refractivity contribution >= 4 is 11.6 Å². The maximum Gasteiger partial charge on any atom is 0.225 e. The van der Waals surface area contributed by atoms with Gasteiger partial charge in [-0.25, -0.2) is 4.39 Å². The number of likely N-dealkylation sites (tertiary alicyclic amines) is 1. The lowest BCUT2D eigenvalue weighted by molar-refractivity contribution is -0.116. The lowest BCUT2D eigenvalue weighted by Crippen LogP contribution is -2.45. The van der Waals surface area contributed by atoms with Gasteiger partial charge in [0.25, 0.3) is 0 Å². The molecule has 1 aliphatic rings. The summed E-state index contributed by atoms with van der Waals surface area (Å²) in [7, 11) is 1.98. The summed E-state index contributed by atoms with van der Waals surface area (Å²) in [6.45, 7) is 2.83. The fourth-order valence-electron chi connectivity index (χ4n) is 2.51. The topological polar surface area (TPSA) is 44.4 Å². The smallest absolute Gasteiger partial charge is 0.225 e. The van der Waals surface area contributed by atoms with Gasteiger partial charge in [0.05, 0.1) is 0 Å². The molecule has 1 amide bonds. The van der Waals surface area contributed by atoms with Gasteiger partial charge in [-0.15, -0.1) is 0 Å². The van der Waals surface area contributed by atoms with Crippen molar-refractivity contribution in [3.63, 3.8) is 0 Å². The maximum absolute atomic E-state index is 12.8. The molecule has 0 bridgehead atoms. The summed E-state index contributed by atoms with van der Waals surface area (Å²) < 4.78 is 12.8. The number of carbonyl (C=O) groups excluding carboxylic acids is 1. The van der Waals surface area contributed by atoms with Crippen LogP contribution < -0.4 is 10.6 Å².